The Hall–Kier alpha value is -3.68. The molecule has 27 heavy (non-hydrogen) atoms. The molecule has 0 fully saturated rings. The second-order valence-corrected chi connectivity index (χ2v) is 6.53. The summed E-state index contributed by atoms with van der Waals surface area (Å²) >= 11 is 0. The fourth-order valence-corrected chi connectivity index (χ4v) is 3.02. The lowest BCUT2D eigenvalue weighted by Gasteiger charge is -2.13. The number of carbonyl (C=O) groups is 1. The van der Waals surface area contributed by atoms with Crippen LogP contribution in [0.25, 0.3) is 21.8 Å². The molecule has 3 N–H and O–H groups in total. The van der Waals surface area contributed by atoms with Crippen molar-refractivity contribution in [2.75, 3.05) is 5.32 Å². The van der Waals surface area contributed by atoms with Gasteiger partial charge in [-0.25, -0.2) is 9.48 Å². The van der Waals surface area contributed by atoms with E-state index in [4.69, 9.17) is 0 Å². The number of carbonyl (C=O) groups excluding carboxylic acids is 1. The second kappa shape index (κ2) is 6.24. The summed E-state index contributed by atoms with van der Waals surface area (Å²) in [6, 6.07) is 11.8. The molecule has 0 saturated heterocycles. The zero-order valence-electron chi connectivity index (χ0n) is 14.7. The highest BCUT2D eigenvalue weighted by molar-refractivity contribution is 6.11. The van der Waals surface area contributed by atoms with E-state index < -0.39 is 5.91 Å². The Labute approximate surface area is 152 Å². The van der Waals surface area contributed by atoms with Crippen LogP contribution in [0.3, 0.4) is 0 Å². The summed E-state index contributed by atoms with van der Waals surface area (Å²) in [5, 5.41) is 8.01. The summed E-state index contributed by atoms with van der Waals surface area (Å²) in [4.78, 5) is 42.1. The Balaban J connectivity index is 1.80. The first kappa shape index (κ1) is 16.8. The van der Waals surface area contributed by atoms with Crippen LogP contribution in [0.2, 0.25) is 0 Å². The molecule has 1 amide bonds. The van der Waals surface area contributed by atoms with Gasteiger partial charge in [-0.1, -0.05) is 18.2 Å². The number of aromatic nitrogens is 4. The van der Waals surface area contributed by atoms with Gasteiger partial charge in [0.15, 0.2) is 5.69 Å². The Kier molecular flexibility index (Phi) is 3.88. The van der Waals surface area contributed by atoms with Crippen LogP contribution < -0.4 is 16.6 Å². The van der Waals surface area contributed by atoms with Crippen LogP contribution in [0, 0.1) is 0 Å². The molecule has 2 aromatic carbocycles. The highest BCUT2D eigenvalue weighted by atomic mass is 16.2. The minimum Gasteiger partial charge on any atom is -0.320 e. The lowest BCUT2D eigenvalue weighted by Crippen LogP contribution is -2.28. The van der Waals surface area contributed by atoms with Crippen molar-refractivity contribution in [3.63, 3.8) is 0 Å². The number of hydrogen-bond acceptors (Lipinski definition) is 4. The normalized spacial score (nSPS) is 11.4. The fourth-order valence-electron chi connectivity index (χ4n) is 3.02. The predicted molar refractivity (Wildman–Crippen MR) is 103 cm³/mol. The van der Waals surface area contributed by atoms with Gasteiger partial charge < -0.3 is 15.3 Å². The number of fused-ring (bicyclic) bond motifs is 2. The van der Waals surface area contributed by atoms with Gasteiger partial charge in [0.1, 0.15) is 0 Å². The summed E-state index contributed by atoms with van der Waals surface area (Å²) < 4.78 is 1.31. The number of benzene rings is 2. The number of amides is 1. The summed E-state index contributed by atoms with van der Waals surface area (Å²) in [5.41, 5.74) is 1.36. The minimum absolute atomic E-state index is 0.168. The number of H-pyrrole nitrogens is 2. The predicted octanol–water partition coefficient (Wildman–Crippen LogP) is 2.40. The van der Waals surface area contributed by atoms with Gasteiger partial charge in [0.25, 0.3) is 11.5 Å². The van der Waals surface area contributed by atoms with Crippen molar-refractivity contribution in [1.29, 1.82) is 0 Å². The second-order valence-electron chi connectivity index (χ2n) is 6.53. The number of anilines is 1. The largest absolute Gasteiger partial charge is 0.323 e. The lowest BCUT2D eigenvalue weighted by atomic mass is 10.1. The van der Waals surface area contributed by atoms with Crippen molar-refractivity contribution >= 4 is 33.4 Å². The van der Waals surface area contributed by atoms with Gasteiger partial charge in [0.05, 0.1) is 22.5 Å². The molecule has 136 valence electrons. The molecule has 2 aromatic heterocycles. The van der Waals surface area contributed by atoms with Crippen molar-refractivity contribution in [2.45, 2.75) is 19.9 Å². The van der Waals surface area contributed by atoms with Crippen LogP contribution >= 0.6 is 0 Å². The molecule has 0 atom stereocenters. The maximum absolute atomic E-state index is 12.9. The fraction of sp³-hybridized carbons (Fsp3) is 0.158. The molecule has 4 aromatic rings. The van der Waals surface area contributed by atoms with Crippen molar-refractivity contribution in [3.8, 4) is 0 Å². The van der Waals surface area contributed by atoms with Gasteiger partial charge in [0, 0.05) is 11.1 Å². The third kappa shape index (κ3) is 2.91. The van der Waals surface area contributed by atoms with E-state index in [-0.39, 0.29) is 23.0 Å². The molecular formula is C19H17N5O3. The molecule has 0 radical (unpaired) electrons. The van der Waals surface area contributed by atoms with Gasteiger partial charge >= 0.3 is 5.69 Å². The van der Waals surface area contributed by atoms with Gasteiger partial charge in [-0.3, -0.25) is 9.59 Å². The Morgan fingerprint density at radius 1 is 1.04 bits per heavy atom. The average Bonchev–Trinajstić information content (AvgIpc) is 3.01. The Morgan fingerprint density at radius 3 is 2.48 bits per heavy atom. The molecule has 0 spiro atoms. The first-order valence-electron chi connectivity index (χ1n) is 8.49. The van der Waals surface area contributed by atoms with Gasteiger partial charge in [-0.05, 0) is 38.1 Å². The average molecular weight is 363 g/mol. The van der Waals surface area contributed by atoms with Crippen LogP contribution in [0.15, 0.2) is 52.1 Å². The van der Waals surface area contributed by atoms with Gasteiger partial charge in [0.2, 0.25) is 0 Å². The number of imidazole rings is 1. The van der Waals surface area contributed by atoms with Crippen molar-refractivity contribution < 1.29 is 4.79 Å². The Morgan fingerprint density at radius 2 is 1.74 bits per heavy atom. The molecule has 0 aliphatic rings. The van der Waals surface area contributed by atoms with E-state index in [1.54, 1.807) is 42.5 Å². The quantitative estimate of drug-likeness (QED) is 0.519. The van der Waals surface area contributed by atoms with Crippen LogP contribution in [-0.4, -0.2) is 25.7 Å². The highest BCUT2D eigenvalue weighted by Gasteiger charge is 2.18. The first-order chi connectivity index (χ1) is 12.9. The van der Waals surface area contributed by atoms with E-state index in [0.29, 0.717) is 27.5 Å². The topological polar surface area (TPSA) is 113 Å². The van der Waals surface area contributed by atoms with E-state index in [2.05, 4.69) is 20.4 Å². The van der Waals surface area contributed by atoms with Crippen molar-refractivity contribution in [3.05, 3.63) is 69.0 Å². The zero-order chi connectivity index (χ0) is 19.1. The van der Waals surface area contributed by atoms with E-state index in [1.807, 2.05) is 13.8 Å². The van der Waals surface area contributed by atoms with Gasteiger partial charge in [-0.2, -0.15) is 5.10 Å². The van der Waals surface area contributed by atoms with Crippen LogP contribution in [0.1, 0.15) is 30.4 Å². The van der Waals surface area contributed by atoms with Crippen molar-refractivity contribution in [2.24, 2.45) is 0 Å². The van der Waals surface area contributed by atoms with Crippen molar-refractivity contribution in [1.82, 2.24) is 19.7 Å². The monoisotopic (exact) mass is 363 g/mol. The lowest BCUT2D eigenvalue weighted by molar-refractivity contribution is 0.102. The molecule has 4 rings (SSSR count). The SMILES string of the molecule is CC(C)n1nc(C(=O)Nc2ccc3[nH]c(=O)[nH]c3c2)c2ccccc2c1=O. The van der Waals surface area contributed by atoms with E-state index in [9.17, 15) is 14.4 Å². The Bertz CT molecular complexity index is 1300. The van der Waals surface area contributed by atoms with Gasteiger partial charge in [-0.15, -0.1) is 0 Å². The zero-order valence-corrected chi connectivity index (χ0v) is 14.7. The molecule has 2 heterocycles. The molecular weight excluding hydrogens is 346 g/mol. The van der Waals surface area contributed by atoms with Crippen LogP contribution in [0.5, 0.6) is 0 Å². The number of nitrogens with zero attached hydrogens (tertiary/aromatic N) is 2. The summed E-state index contributed by atoms with van der Waals surface area (Å²) in [5.74, 6) is -0.433. The van der Waals surface area contributed by atoms with E-state index >= 15 is 0 Å². The molecule has 0 aliphatic heterocycles. The molecule has 0 saturated carbocycles. The van der Waals surface area contributed by atoms with E-state index in [0.717, 1.165) is 0 Å². The third-order valence-corrected chi connectivity index (χ3v) is 4.31. The maximum Gasteiger partial charge on any atom is 0.323 e. The van der Waals surface area contributed by atoms with Crippen LogP contribution in [0.4, 0.5) is 5.69 Å². The summed E-state index contributed by atoms with van der Waals surface area (Å²) in [6.07, 6.45) is 0. The molecule has 8 heteroatoms. The third-order valence-electron chi connectivity index (χ3n) is 4.31. The number of nitrogens with one attached hydrogen (secondary N) is 3. The number of rotatable bonds is 3. The summed E-state index contributed by atoms with van der Waals surface area (Å²) in [6.45, 7) is 3.67. The van der Waals surface area contributed by atoms with E-state index in [1.165, 1.54) is 4.68 Å². The standard InChI is InChI=1S/C19H17N5O3/c1-10(2)24-18(26)13-6-4-3-5-12(13)16(23-24)17(25)20-11-7-8-14-15(9-11)22-19(27)21-14/h3-10H,1-2H3,(H,20,25)(H2,21,22,27). The molecule has 0 aliphatic carbocycles. The molecule has 8 nitrogen and oxygen atoms in total. The number of hydrogen-bond donors (Lipinski definition) is 3. The number of aromatic amines is 2. The summed E-state index contributed by atoms with van der Waals surface area (Å²) in [7, 11) is 0. The minimum atomic E-state index is -0.433. The molecule has 0 bridgehead atoms. The smallest absolute Gasteiger partial charge is 0.320 e. The highest BCUT2D eigenvalue weighted by Crippen LogP contribution is 2.18. The molecule has 0 unspecified atom stereocenters. The first-order valence-corrected chi connectivity index (χ1v) is 8.49. The van der Waals surface area contributed by atoms with Crippen LogP contribution in [-0.2, 0) is 0 Å². The maximum atomic E-state index is 12.9.